The molecule has 19 heavy (non-hydrogen) atoms. The van der Waals surface area contributed by atoms with Crippen molar-refractivity contribution in [1.82, 2.24) is 10.2 Å². The Morgan fingerprint density at radius 2 is 2.05 bits per heavy atom. The second-order valence-corrected chi connectivity index (χ2v) is 4.60. The van der Waals surface area contributed by atoms with Gasteiger partial charge in [0.05, 0.1) is 5.92 Å². The van der Waals surface area contributed by atoms with Gasteiger partial charge in [-0.15, -0.1) is 0 Å². The Morgan fingerprint density at radius 3 is 2.53 bits per heavy atom. The Hall–Kier alpha value is -1.47. The van der Waals surface area contributed by atoms with E-state index in [0.29, 0.717) is 0 Å². The summed E-state index contributed by atoms with van der Waals surface area (Å²) in [4.78, 5) is 23.1. The Kier molecular flexibility index (Phi) is 5.02. The first kappa shape index (κ1) is 15.6. The van der Waals surface area contributed by atoms with Gasteiger partial charge in [0.2, 0.25) is 0 Å². The molecule has 8 heteroatoms. The monoisotopic (exact) mass is 282 g/mol. The van der Waals surface area contributed by atoms with Gasteiger partial charge in [-0.25, -0.2) is 4.79 Å². The van der Waals surface area contributed by atoms with Crippen LogP contribution in [0.4, 0.5) is 18.0 Å². The van der Waals surface area contributed by atoms with Crippen molar-refractivity contribution in [3.05, 3.63) is 0 Å². The number of nitrogens with zero attached hydrogens (tertiary/aromatic N) is 1. The van der Waals surface area contributed by atoms with E-state index in [1.165, 1.54) is 6.92 Å². The fourth-order valence-electron chi connectivity index (χ4n) is 2.20. The van der Waals surface area contributed by atoms with Crippen LogP contribution < -0.4 is 5.32 Å². The zero-order chi connectivity index (χ0) is 14.6. The normalized spacial score (nSPS) is 23.5. The predicted molar refractivity (Wildman–Crippen MR) is 60.6 cm³/mol. The van der Waals surface area contributed by atoms with Crippen molar-refractivity contribution in [2.24, 2.45) is 5.92 Å². The summed E-state index contributed by atoms with van der Waals surface area (Å²) in [5.41, 5.74) is 0. The van der Waals surface area contributed by atoms with Gasteiger partial charge in [-0.2, -0.15) is 13.2 Å². The van der Waals surface area contributed by atoms with Crippen LogP contribution in [0.5, 0.6) is 0 Å². The van der Waals surface area contributed by atoms with Crippen LogP contribution in [0.1, 0.15) is 26.2 Å². The molecule has 2 unspecified atom stereocenters. The maximum Gasteiger partial charge on any atom is 0.393 e. The second-order valence-electron chi connectivity index (χ2n) is 4.60. The van der Waals surface area contributed by atoms with E-state index in [9.17, 15) is 22.8 Å². The summed E-state index contributed by atoms with van der Waals surface area (Å²) < 4.78 is 37.9. The zero-order valence-corrected chi connectivity index (χ0v) is 10.5. The number of carbonyl (C=O) groups is 2. The molecule has 0 saturated carbocycles. The number of aliphatic carboxylic acids is 1. The van der Waals surface area contributed by atoms with Gasteiger partial charge in [0.15, 0.2) is 0 Å². The Balaban J connectivity index is 2.40. The van der Waals surface area contributed by atoms with Crippen LogP contribution in [-0.2, 0) is 4.79 Å². The first-order chi connectivity index (χ1) is 8.73. The highest BCUT2D eigenvalue weighted by molar-refractivity contribution is 5.75. The molecule has 1 rings (SSSR count). The maximum absolute atomic E-state index is 12.6. The fraction of sp³-hybridized carbons (Fsp3) is 0.818. The molecule has 0 aliphatic carbocycles. The van der Waals surface area contributed by atoms with E-state index in [1.54, 1.807) is 0 Å². The molecule has 1 aliphatic rings. The molecule has 0 spiro atoms. The third kappa shape index (κ3) is 4.29. The fourth-order valence-corrected chi connectivity index (χ4v) is 2.20. The highest BCUT2D eigenvalue weighted by Crippen LogP contribution is 2.37. The average Bonchev–Trinajstić information content (AvgIpc) is 2.65. The molecule has 0 aromatic rings. The molecule has 1 heterocycles. The standard InChI is InChI=1S/C11H17F3N2O3/c1-7-8(11(12,13)14)4-6-16(7)10(19)15-5-2-3-9(17)18/h7-8H,2-6H2,1H3,(H,15,19)(H,17,18). The number of carboxylic acid groups (broad SMARTS) is 1. The van der Waals surface area contributed by atoms with Crippen molar-refractivity contribution in [2.45, 2.75) is 38.4 Å². The number of alkyl halides is 3. The zero-order valence-electron chi connectivity index (χ0n) is 10.5. The number of halogens is 3. The number of carboxylic acids is 1. The lowest BCUT2D eigenvalue weighted by Crippen LogP contribution is -2.45. The predicted octanol–water partition coefficient (Wildman–Crippen LogP) is 1.83. The van der Waals surface area contributed by atoms with Gasteiger partial charge in [0, 0.05) is 25.6 Å². The molecule has 1 fully saturated rings. The molecule has 0 radical (unpaired) electrons. The van der Waals surface area contributed by atoms with E-state index in [0.717, 1.165) is 4.90 Å². The molecule has 5 nitrogen and oxygen atoms in total. The number of rotatable bonds is 4. The smallest absolute Gasteiger partial charge is 0.393 e. The summed E-state index contributed by atoms with van der Waals surface area (Å²) in [6.45, 7) is 1.59. The molecule has 2 N–H and O–H groups in total. The number of nitrogens with one attached hydrogen (secondary N) is 1. The molecule has 0 bridgehead atoms. The van der Waals surface area contributed by atoms with Gasteiger partial charge in [-0.05, 0) is 19.8 Å². The summed E-state index contributed by atoms with van der Waals surface area (Å²) in [5, 5.41) is 10.8. The third-order valence-corrected chi connectivity index (χ3v) is 3.28. The number of carbonyl (C=O) groups excluding carboxylic acids is 1. The molecule has 2 amide bonds. The molecule has 2 atom stereocenters. The molecular weight excluding hydrogens is 265 g/mol. The molecular formula is C11H17F3N2O3. The van der Waals surface area contributed by atoms with E-state index in [2.05, 4.69) is 5.32 Å². The van der Waals surface area contributed by atoms with Crippen LogP contribution in [0, 0.1) is 5.92 Å². The summed E-state index contributed by atoms with van der Waals surface area (Å²) >= 11 is 0. The lowest BCUT2D eigenvalue weighted by Gasteiger charge is -2.26. The number of amides is 2. The van der Waals surface area contributed by atoms with Crippen LogP contribution in [0.2, 0.25) is 0 Å². The van der Waals surface area contributed by atoms with Crippen molar-refractivity contribution in [2.75, 3.05) is 13.1 Å². The number of hydrogen-bond acceptors (Lipinski definition) is 2. The molecule has 0 aromatic heterocycles. The van der Waals surface area contributed by atoms with Gasteiger partial charge >= 0.3 is 18.2 Å². The topological polar surface area (TPSA) is 69.6 Å². The second kappa shape index (κ2) is 6.12. The lowest BCUT2D eigenvalue weighted by atomic mass is 10.0. The lowest BCUT2D eigenvalue weighted by molar-refractivity contribution is -0.177. The van der Waals surface area contributed by atoms with Gasteiger partial charge in [-0.3, -0.25) is 4.79 Å². The van der Waals surface area contributed by atoms with Crippen molar-refractivity contribution in [3.63, 3.8) is 0 Å². The van der Waals surface area contributed by atoms with E-state index < -0.39 is 30.1 Å². The Morgan fingerprint density at radius 1 is 1.42 bits per heavy atom. The first-order valence-corrected chi connectivity index (χ1v) is 6.06. The quantitative estimate of drug-likeness (QED) is 0.773. The van der Waals surface area contributed by atoms with Crippen molar-refractivity contribution < 1.29 is 27.9 Å². The van der Waals surface area contributed by atoms with Crippen LogP contribution >= 0.6 is 0 Å². The largest absolute Gasteiger partial charge is 0.481 e. The third-order valence-electron chi connectivity index (χ3n) is 3.28. The summed E-state index contributed by atoms with van der Waals surface area (Å²) in [7, 11) is 0. The minimum atomic E-state index is -4.29. The van der Waals surface area contributed by atoms with E-state index >= 15 is 0 Å². The SMILES string of the molecule is CC1C(C(F)(F)F)CCN1C(=O)NCCCC(=O)O. The van der Waals surface area contributed by atoms with Crippen LogP contribution in [0.25, 0.3) is 0 Å². The minimum absolute atomic E-state index is 0.0656. The Bertz CT molecular complexity index is 347. The van der Waals surface area contributed by atoms with Crippen molar-refractivity contribution in [1.29, 1.82) is 0 Å². The van der Waals surface area contributed by atoms with Crippen LogP contribution in [-0.4, -0.2) is 47.3 Å². The number of likely N-dealkylation sites (tertiary alicyclic amines) is 1. The average molecular weight is 282 g/mol. The van der Waals surface area contributed by atoms with Crippen LogP contribution in [0.3, 0.4) is 0 Å². The van der Waals surface area contributed by atoms with Gasteiger partial charge in [0.25, 0.3) is 0 Å². The van der Waals surface area contributed by atoms with E-state index in [1.807, 2.05) is 0 Å². The highest BCUT2D eigenvalue weighted by atomic mass is 19.4. The number of urea groups is 1. The molecule has 110 valence electrons. The maximum atomic E-state index is 12.6. The van der Waals surface area contributed by atoms with Gasteiger partial charge < -0.3 is 15.3 Å². The Labute approximate surface area is 108 Å². The van der Waals surface area contributed by atoms with Crippen molar-refractivity contribution >= 4 is 12.0 Å². The molecule has 1 aliphatic heterocycles. The minimum Gasteiger partial charge on any atom is -0.481 e. The van der Waals surface area contributed by atoms with Crippen molar-refractivity contribution in [3.8, 4) is 0 Å². The molecule has 0 aromatic carbocycles. The first-order valence-electron chi connectivity index (χ1n) is 6.06. The summed E-state index contributed by atoms with van der Waals surface area (Å²) in [6, 6.07) is -1.45. The van der Waals surface area contributed by atoms with Crippen LogP contribution in [0.15, 0.2) is 0 Å². The summed E-state index contributed by atoms with van der Waals surface area (Å²) in [5.74, 6) is -2.46. The van der Waals surface area contributed by atoms with E-state index in [-0.39, 0.29) is 32.4 Å². The number of hydrogen-bond donors (Lipinski definition) is 2. The van der Waals surface area contributed by atoms with E-state index in [4.69, 9.17) is 5.11 Å². The highest BCUT2D eigenvalue weighted by Gasteiger charge is 2.49. The van der Waals surface area contributed by atoms with Gasteiger partial charge in [-0.1, -0.05) is 0 Å². The molecule has 1 saturated heterocycles. The summed E-state index contributed by atoms with van der Waals surface area (Å²) in [6.07, 6.45) is -4.21. The van der Waals surface area contributed by atoms with Gasteiger partial charge in [0.1, 0.15) is 0 Å².